The molecule has 1 aliphatic heterocycles. The van der Waals surface area contributed by atoms with Crippen LogP contribution in [-0.2, 0) is 14.4 Å². The molecule has 168 valence electrons. The standard InChI is InChI=1S/C20H25N3O8/c1-12(20(26)27)21-19(25)13-6-8-22(9-7-13)18(24)5-4-14-10-16(30-2)17(31-3)11-15(14)23(28)29/h4-5,10-13H,6-9H2,1-3H3,(H,21,25)(H,26,27). The van der Waals surface area contributed by atoms with Gasteiger partial charge in [-0.2, -0.15) is 0 Å². The fraction of sp³-hybridized carbons (Fsp3) is 0.450. The van der Waals surface area contributed by atoms with Crippen LogP contribution in [0.3, 0.4) is 0 Å². The minimum atomic E-state index is -1.12. The van der Waals surface area contributed by atoms with E-state index in [-0.39, 0.29) is 34.7 Å². The summed E-state index contributed by atoms with van der Waals surface area (Å²) in [5, 5.41) is 22.7. The second kappa shape index (κ2) is 10.4. The number of carbonyl (C=O) groups is 3. The van der Waals surface area contributed by atoms with Gasteiger partial charge < -0.3 is 24.8 Å². The van der Waals surface area contributed by atoms with E-state index in [1.165, 1.54) is 50.3 Å². The highest BCUT2D eigenvalue weighted by atomic mass is 16.6. The van der Waals surface area contributed by atoms with Gasteiger partial charge in [0.15, 0.2) is 11.5 Å². The molecule has 2 amide bonds. The summed E-state index contributed by atoms with van der Waals surface area (Å²) in [6.07, 6.45) is 3.37. The molecule has 11 heteroatoms. The maximum atomic E-state index is 12.5. The summed E-state index contributed by atoms with van der Waals surface area (Å²) < 4.78 is 10.2. The first-order valence-corrected chi connectivity index (χ1v) is 9.58. The van der Waals surface area contributed by atoms with E-state index >= 15 is 0 Å². The zero-order chi connectivity index (χ0) is 23.1. The highest BCUT2D eigenvalue weighted by Crippen LogP contribution is 2.35. The number of methoxy groups -OCH3 is 2. The van der Waals surface area contributed by atoms with Gasteiger partial charge in [-0.25, -0.2) is 0 Å². The molecule has 31 heavy (non-hydrogen) atoms. The third-order valence-corrected chi connectivity index (χ3v) is 5.04. The Labute approximate surface area is 178 Å². The number of carboxylic acid groups (broad SMARTS) is 1. The molecule has 1 atom stereocenters. The maximum absolute atomic E-state index is 12.5. The number of rotatable bonds is 8. The Morgan fingerprint density at radius 3 is 2.32 bits per heavy atom. The van der Waals surface area contributed by atoms with Crippen molar-refractivity contribution in [3.63, 3.8) is 0 Å². The summed E-state index contributed by atoms with van der Waals surface area (Å²) >= 11 is 0. The minimum Gasteiger partial charge on any atom is -0.493 e. The average molecular weight is 435 g/mol. The van der Waals surface area contributed by atoms with Gasteiger partial charge in [0, 0.05) is 25.1 Å². The van der Waals surface area contributed by atoms with Gasteiger partial charge in [-0.15, -0.1) is 0 Å². The number of piperidine rings is 1. The number of benzene rings is 1. The van der Waals surface area contributed by atoms with E-state index in [9.17, 15) is 24.5 Å². The van der Waals surface area contributed by atoms with E-state index in [2.05, 4.69) is 5.32 Å². The van der Waals surface area contributed by atoms with Crippen LogP contribution >= 0.6 is 0 Å². The second-order valence-corrected chi connectivity index (χ2v) is 7.02. The highest BCUT2D eigenvalue weighted by molar-refractivity contribution is 5.93. The fourth-order valence-electron chi connectivity index (χ4n) is 3.20. The Kier molecular flexibility index (Phi) is 7.94. The van der Waals surface area contributed by atoms with E-state index in [1.807, 2.05) is 0 Å². The summed E-state index contributed by atoms with van der Waals surface area (Å²) in [5.41, 5.74) is -0.0439. The van der Waals surface area contributed by atoms with Gasteiger partial charge in [-0.05, 0) is 31.9 Å². The van der Waals surface area contributed by atoms with Crippen molar-refractivity contribution in [2.24, 2.45) is 5.92 Å². The largest absolute Gasteiger partial charge is 0.493 e. The van der Waals surface area contributed by atoms with Crippen LogP contribution in [-0.4, -0.2) is 66.1 Å². The Bertz CT molecular complexity index is 891. The smallest absolute Gasteiger partial charge is 0.325 e. The van der Waals surface area contributed by atoms with Crippen molar-refractivity contribution in [3.05, 3.63) is 33.9 Å². The molecule has 1 aromatic rings. The number of hydrogen-bond donors (Lipinski definition) is 2. The van der Waals surface area contributed by atoms with Crippen molar-refractivity contribution in [1.82, 2.24) is 10.2 Å². The maximum Gasteiger partial charge on any atom is 0.325 e. The number of nitro benzene ring substituents is 1. The van der Waals surface area contributed by atoms with Gasteiger partial charge in [0.2, 0.25) is 11.8 Å². The number of hydrogen-bond acceptors (Lipinski definition) is 7. The summed E-state index contributed by atoms with van der Waals surface area (Å²) in [4.78, 5) is 47.8. The predicted molar refractivity (Wildman–Crippen MR) is 110 cm³/mol. The third-order valence-electron chi connectivity index (χ3n) is 5.04. The van der Waals surface area contributed by atoms with E-state index < -0.39 is 16.9 Å². The van der Waals surface area contributed by atoms with E-state index in [0.29, 0.717) is 31.7 Å². The van der Waals surface area contributed by atoms with E-state index in [1.54, 1.807) is 0 Å². The van der Waals surface area contributed by atoms with Crippen molar-refractivity contribution in [2.45, 2.75) is 25.8 Å². The SMILES string of the molecule is COc1cc(C=CC(=O)N2CCC(C(=O)NC(C)C(=O)O)CC2)c([N+](=O)[O-])cc1OC. The summed E-state index contributed by atoms with van der Waals surface area (Å²) in [6.45, 7) is 2.02. The van der Waals surface area contributed by atoms with Crippen LogP contribution in [0.5, 0.6) is 11.5 Å². The zero-order valence-electron chi connectivity index (χ0n) is 17.5. The molecule has 2 rings (SSSR count). The Morgan fingerprint density at radius 1 is 1.23 bits per heavy atom. The molecule has 1 fully saturated rings. The molecule has 2 N–H and O–H groups in total. The normalized spacial score (nSPS) is 15.4. The lowest BCUT2D eigenvalue weighted by Crippen LogP contribution is -2.46. The number of ether oxygens (including phenoxy) is 2. The molecular formula is C20H25N3O8. The van der Waals surface area contributed by atoms with Crippen LogP contribution in [0.1, 0.15) is 25.3 Å². The first-order chi connectivity index (χ1) is 14.7. The Morgan fingerprint density at radius 2 is 1.81 bits per heavy atom. The van der Waals surface area contributed by atoms with Crippen molar-refractivity contribution >= 4 is 29.5 Å². The van der Waals surface area contributed by atoms with Crippen LogP contribution in [0.25, 0.3) is 6.08 Å². The monoisotopic (exact) mass is 435 g/mol. The van der Waals surface area contributed by atoms with Crippen molar-refractivity contribution < 1.29 is 33.9 Å². The molecule has 1 heterocycles. The first kappa shape index (κ1) is 23.6. The van der Waals surface area contributed by atoms with Gasteiger partial charge in [-0.3, -0.25) is 24.5 Å². The van der Waals surface area contributed by atoms with E-state index in [0.717, 1.165) is 0 Å². The Hall–Kier alpha value is -3.63. The highest BCUT2D eigenvalue weighted by Gasteiger charge is 2.28. The number of nitrogens with one attached hydrogen (secondary N) is 1. The lowest BCUT2D eigenvalue weighted by atomic mass is 9.95. The molecule has 1 aliphatic rings. The molecule has 0 aromatic heterocycles. The molecule has 11 nitrogen and oxygen atoms in total. The van der Waals surface area contributed by atoms with Gasteiger partial charge in [-0.1, -0.05) is 0 Å². The van der Waals surface area contributed by atoms with Gasteiger partial charge in [0.1, 0.15) is 6.04 Å². The molecule has 0 bridgehead atoms. The molecular weight excluding hydrogens is 410 g/mol. The molecule has 0 saturated carbocycles. The molecule has 1 unspecified atom stereocenters. The number of nitrogens with zero attached hydrogens (tertiary/aromatic N) is 2. The predicted octanol–water partition coefficient (Wildman–Crippen LogP) is 1.45. The van der Waals surface area contributed by atoms with Crippen LogP contribution in [0.15, 0.2) is 18.2 Å². The summed E-state index contributed by atoms with van der Waals surface area (Å²) in [5.74, 6) is -1.68. The average Bonchev–Trinajstić information content (AvgIpc) is 2.76. The molecule has 1 saturated heterocycles. The number of carboxylic acids is 1. The van der Waals surface area contributed by atoms with Crippen LogP contribution in [0, 0.1) is 16.0 Å². The fourth-order valence-corrected chi connectivity index (χ4v) is 3.20. The van der Waals surface area contributed by atoms with Crippen LogP contribution in [0.2, 0.25) is 0 Å². The van der Waals surface area contributed by atoms with E-state index in [4.69, 9.17) is 14.6 Å². The van der Waals surface area contributed by atoms with Crippen LogP contribution in [0.4, 0.5) is 5.69 Å². The Balaban J connectivity index is 2.04. The summed E-state index contributed by atoms with van der Waals surface area (Å²) in [6, 6.07) is 1.67. The van der Waals surface area contributed by atoms with Gasteiger partial charge in [0.05, 0.1) is 30.8 Å². The lowest BCUT2D eigenvalue weighted by Gasteiger charge is -2.31. The quantitative estimate of drug-likeness (QED) is 0.354. The topological polar surface area (TPSA) is 148 Å². The first-order valence-electron chi connectivity index (χ1n) is 9.58. The second-order valence-electron chi connectivity index (χ2n) is 7.02. The molecule has 0 spiro atoms. The van der Waals surface area contributed by atoms with Gasteiger partial charge >= 0.3 is 5.97 Å². The number of likely N-dealkylation sites (tertiary alicyclic amines) is 1. The molecule has 0 aliphatic carbocycles. The van der Waals surface area contributed by atoms with Gasteiger partial charge in [0.25, 0.3) is 5.69 Å². The number of amides is 2. The molecule has 0 radical (unpaired) electrons. The number of aliphatic carboxylic acids is 1. The van der Waals surface area contributed by atoms with Crippen LogP contribution < -0.4 is 14.8 Å². The number of carbonyl (C=O) groups excluding carboxylic acids is 2. The van der Waals surface area contributed by atoms with Crippen molar-refractivity contribution in [3.8, 4) is 11.5 Å². The summed E-state index contributed by atoms with van der Waals surface area (Å²) in [7, 11) is 2.77. The minimum absolute atomic E-state index is 0.188. The lowest BCUT2D eigenvalue weighted by molar-refractivity contribution is -0.385. The molecule has 1 aromatic carbocycles. The zero-order valence-corrected chi connectivity index (χ0v) is 17.5. The third kappa shape index (κ3) is 5.93. The van der Waals surface area contributed by atoms with Crippen molar-refractivity contribution in [2.75, 3.05) is 27.3 Å². The van der Waals surface area contributed by atoms with Crippen molar-refractivity contribution in [1.29, 1.82) is 0 Å². The number of nitro groups is 1.